The van der Waals surface area contributed by atoms with Gasteiger partial charge in [0.1, 0.15) is 12.1 Å². The van der Waals surface area contributed by atoms with Gasteiger partial charge in [0, 0.05) is 60.5 Å². The van der Waals surface area contributed by atoms with E-state index < -0.39 is 17.7 Å². The molecule has 0 aliphatic carbocycles. The fourth-order valence-electron chi connectivity index (χ4n) is 7.04. The topological polar surface area (TPSA) is 91.7 Å². The molecule has 4 heterocycles. The second kappa shape index (κ2) is 12.7. The number of nitrogens with zero attached hydrogens (tertiary/aromatic N) is 5. The van der Waals surface area contributed by atoms with Crippen molar-refractivity contribution in [3.8, 4) is 22.3 Å². The van der Waals surface area contributed by atoms with Gasteiger partial charge in [0.25, 0.3) is 0 Å². The molecule has 6 rings (SSSR count). The number of ether oxygens (including phenoxy) is 1. The molecule has 1 atom stereocenters. The number of anilines is 2. The molecular weight excluding hydrogens is 586 g/mol. The lowest BCUT2D eigenvalue weighted by molar-refractivity contribution is -0.160. The summed E-state index contributed by atoms with van der Waals surface area (Å²) < 4.78 is 6.27. The molecule has 246 valence electrons. The number of aryl methyl sites for hydroxylation is 2. The summed E-state index contributed by atoms with van der Waals surface area (Å²) in [5.74, 6) is -0.0543. The summed E-state index contributed by atoms with van der Waals surface area (Å²) in [5, 5.41) is 10.5. The summed E-state index contributed by atoms with van der Waals surface area (Å²) in [7, 11) is 0. The number of rotatable bonds is 7. The van der Waals surface area contributed by atoms with E-state index in [4.69, 9.17) is 14.7 Å². The zero-order chi connectivity index (χ0) is 33.5. The molecule has 47 heavy (non-hydrogen) atoms. The van der Waals surface area contributed by atoms with Crippen LogP contribution in [0.15, 0.2) is 61.1 Å². The molecule has 1 fully saturated rings. The van der Waals surface area contributed by atoms with Crippen molar-refractivity contribution in [1.82, 2.24) is 15.0 Å². The largest absolute Gasteiger partial charge is 0.479 e. The Kier molecular flexibility index (Phi) is 8.83. The number of hydrogen-bond acceptors (Lipinski definition) is 7. The first-order valence-corrected chi connectivity index (χ1v) is 16.7. The van der Waals surface area contributed by atoms with Gasteiger partial charge in [-0.1, -0.05) is 62.4 Å². The average Bonchev–Trinajstić information content (AvgIpc) is 3.03. The lowest BCUT2D eigenvalue weighted by Crippen LogP contribution is -2.39. The summed E-state index contributed by atoms with van der Waals surface area (Å²) in [5.41, 5.74) is 9.56. The maximum absolute atomic E-state index is 12.9. The maximum atomic E-state index is 12.9. The van der Waals surface area contributed by atoms with E-state index in [0.717, 1.165) is 84.9 Å². The number of piperidine rings is 1. The van der Waals surface area contributed by atoms with E-state index in [0.29, 0.717) is 11.3 Å². The fraction of sp³-hybridized carbons (Fsp3) is 0.436. The minimum absolute atomic E-state index is 0.240. The second-order valence-corrected chi connectivity index (χ2v) is 14.8. The molecule has 0 spiro atoms. The van der Waals surface area contributed by atoms with Crippen LogP contribution in [0.2, 0.25) is 0 Å². The lowest BCUT2D eigenvalue weighted by Gasteiger charge is -2.41. The molecular formula is C39H47N5O3. The first-order chi connectivity index (χ1) is 22.3. The third-order valence-electron chi connectivity index (χ3n) is 9.55. The summed E-state index contributed by atoms with van der Waals surface area (Å²) in [6.07, 6.45) is 5.31. The van der Waals surface area contributed by atoms with E-state index in [1.54, 1.807) is 6.33 Å². The Hall–Kier alpha value is -4.30. The molecule has 1 unspecified atom stereocenters. The number of carboxylic acid groups (broad SMARTS) is 1. The Labute approximate surface area is 278 Å². The summed E-state index contributed by atoms with van der Waals surface area (Å²) >= 11 is 0. The Bertz CT molecular complexity index is 1770. The van der Waals surface area contributed by atoms with Crippen LogP contribution in [0.25, 0.3) is 22.3 Å². The Morgan fingerprint density at radius 1 is 0.936 bits per heavy atom. The zero-order valence-corrected chi connectivity index (χ0v) is 28.8. The van der Waals surface area contributed by atoms with Gasteiger partial charge < -0.3 is 19.6 Å². The van der Waals surface area contributed by atoms with E-state index in [9.17, 15) is 9.90 Å². The van der Waals surface area contributed by atoms with Gasteiger partial charge in [-0.25, -0.2) is 14.8 Å². The van der Waals surface area contributed by atoms with Crippen LogP contribution in [0.4, 0.5) is 11.5 Å². The van der Waals surface area contributed by atoms with Gasteiger partial charge >= 0.3 is 5.97 Å². The van der Waals surface area contributed by atoms with Gasteiger partial charge in [-0.2, -0.15) is 0 Å². The SMILES string of the molecule is Cc1nc(C)c(C(OC(C)(C)C)C(=O)O)c(N2CCC(C)(C)CC2)c1-c1ccc2c(c1)CCN(c1ncncc1-c1ccccc1)C2. The first-order valence-electron chi connectivity index (χ1n) is 16.7. The summed E-state index contributed by atoms with van der Waals surface area (Å²) in [4.78, 5) is 31.6. The quantitative estimate of drug-likeness (QED) is 0.219. The van der Waals surface area contributed by atoms with Gasteiger partial charge in [0.05, 0.1) is 11.3 Å². The maximum Gasteiger partial charge on any atom is 0.337 e. The normalized spacial score (nSPS) is 16.9. The van der Waals surface area contributed by atoms with Gasteiger partial charge in [-0.3, -0.25) is 4.98 Å². The number of hydrogen-bond donors (Lipinski definition) is 1. The Balaban J connectivity index is 1.42. The number of carboxylic acids is 1. The number of fused-ring (bicyclic) bond motifs is 1. The zero-order valence-electron chi connectivity index (χ0n) is 28.8. The van der Waals surface area contributed by atoms with Crippen molar-refractivity contribution >= 4 is 17.5 Å². The van der Waals surface area contributed by atoms with Crippen molar-refractivity contribution in [1.29, 1.82) is 0 Å². The van der Waals surface area contributed by atoms with Crippen LogP contribution >= 0.6 is 0 Å². The van der Waals surface area contributed by atoms with Crippen molar-refractivity contribution in [2.24, 2.45) is 5.41 Å². The molecule has 2 aliphatic heterocycles. The third kappa shape index (κ3) is 6.89. The van der Waals surface area contributed by atoms with Crippen LogP contribution in [0.5, 0.6) is 0 Å². The van der Waals surface area contributed by atoms with E-state index in [2.05, 4.69) is 59.0 Å². The average molecular weight is 634 g/mol. The van der Waals surface area contributed by atoms with Crippen LogP contribution < -0.4 is 9.80 Å². The molecule has 2 aromatic carbocycles. The van der Waals surface area contributed by atoms with Crippen LogP contribution in [0, 0.1) is 19.3 Å². The predicted octanol–water partition coefficient (Wildman–Crippen LogP) is 7.95. The van der Waals surface area contributed by atoms with Crippen molar-refractivity contribution in [2.75, 3.05) is 29.4 Å². The van der Waals surface area contributed by atoms with Crippen LogP contribution in [0.3, 0.4) is 0 Å². The predicted molar refractivity (Wildman–Crippen MR) is 188 cm³/mol. The Morgan fingerprint density at radius 3 is 2.34 bits per heavy atom. The third-order valence-corrected chi connectivity index (χ3v) is 9.55. The number of benzene rings is 2. The summed E-state index contributed by atoms with van der Waals surface area (Å²) in [6.45, 7) is 17.6. The molecule has 1 saturated heterocycles. The van der Waals surface area contributed by atoms with Crippen molar-refractivity contribution in [3.05, 3.63) is 89.1 Å². The highest BCUT2D eigenvalue weighted by atomic mass is 16.5. The van der Waals surface area contributed by atoms with E-state index in [1.807, 2.05) is 59.0 Å². The Morgan fingerprint density at radius 2 is 1.66 bits per heavy atom. The molecule has 1 N–H and O–H groups in total. The van der Waals surface area contributed by atoms with E-state index >= 15 is 0 Å². The number of carbonyl (C=O) groups is 1. The highest BCUT2D eigenvalue weighted by Gasteiger charge is 2.36. The molecule has 4 aromatic rings. The fourth-order valence-corrected chi connectivity index (χ4v) is 7.04. The molecule has 8 nitrogen and oxygen atoms in total. The first kappa shape index (κ1) is 32.6. The molecule has 0 saturated carbocycles. The molecule has 2 aromatic heterocycles. The number of pyridine rings is 1. The van der Waals surface area contributed by atoms with Crippen LogP contribution in [-0.4, -0.2) is 51.3 Å². The minimum Gasteiger partial charge on any atom is -0.479 e. The monoisotopic (exact) mass is 633 g/mol. The van der Waals surface area contributed by atoms with Gasteiger partial charge in [0.2, 0.25) is 0 Å². The summed E-state index contributed by atoms with van der Waals surface area (Å²) in [6, 6.07) is 17.0. The molecule has 8 heteroatoms. The van der Waals surface area contributed by atoms with Crippen molar-refractivity contribution in [2.45, 2.75) is 86.0 Å². The van der Waals surface area contributed by atoms with E-state index in [-0.39, 0.29) is 5.41 Å². The molecule has 0 radical (unpaired) electrons. The van der Waals surface area contributed by atoms with Gasteiger partial charge in [-0.15, -0.1) is 0 Å². The number of aliphatic carboxylic acids is 1. The molecule has 0 amide bonds. The highest BCUT2D eigenvalue weighted by Crippen LogP contribution is 2.45. The number of aromatic nitrogens is 3. The molecule has 0 bridgehead atoms. The van der Waals surface area contributed by atoms with Gasteiger partial charge in [-0.05, 0) is 81.5 Å². The van der Waals surface area contributed by atoms with Gasteiger partial charge in [0.15, 0.2) is 6.10 Å². The minimum atomic E-state index is -1.13. The van der Waals surface area contributed by atoms with E-state index in [1.165, 1.54) is 11.1 Å². The molecule has 2 aliphatic rings. The lowest BCUT2D eigenvalue weighted by atomic mass is 9.81. The smallest absolute Gasteiger partial charge is 0.337 e. The van der Waals surface area contributed by atoms with Crippen molar-refractivity contribution in [3.63, 3.8) is 0 Å². The van der Waals surface area contributed by atoms with Crippen LogP contribution in [0.1, 0.15) is 81.6 Å². The van der Waals surface area contributed by atoms with Crippen molar-refractivity contribution < 1.29 is 14.6 Å². The standard InChI is InChI=1S/C39H47N5O3/c1-25-32(34(43-19-16-39(6,7)17-20-43)33(26(2)42-25)35(37(45)46)47-38(3,4)5)29-13-14-30-23-44(18-15-28(30)21-29)36-31(22-40-24-41-36)27-11-9-8-10-12-27/h8-14,21-22,24,35H,15-20,23H2,1-7H3,(H,45,46). The van der Waals surface area contributed by atoms with Crippen LogP contribution in [-0.2, 0) is 22.5 Å². The second-order valence-electron chi connectivity index (χ2n) is 14.8. The highest BCUT2D eigenvalue weighted by molar-refractivity contribution is 5.88.